The van der Waals surface area contributed by atoms with E-state index in [0.717, 1.165) is 93.8 Å². The van der Waals surface area contributed by atoms with Gasteiger partial charge in [-0.3, -0.25) is 14.6 Å². The Kier molecular flexibility index (Phi) is 9.65. The van der Waals surface area contributed by atoms with E-state index in [0.29, 0.717) is 0 Å². The summed E-state index contributed by atoms with van der Waals surface area (Å²) >= 11 is 0. The van der Waals surface area contributed by atoms with E-state index in [4.69, 9.17) is 14.5 Å². The molecule has 0 saturated carbocycles. The first-order chi connectivity index (χ1) is 23.2. The SMILES string of the molecule is COc1cc2c(cc1OC)[C@@H](c1ccccc1)N(CCCCCc1cn(CCNc3c4c(nc5ccccc35)CCCC4)nn1)CC2. The van der Waals surface area contributed by atoms with Crippen LogP contribution in [0.2, 0.25) is 0 Å². The van der Waals surface area contributed by atoms with Crippen LogP contribution in [0, 0.1) is 0 Å². The number of rotatable bonds is 13. The molecule has 7 rings (SSSR count). The van der Waals surface area contributed by atoms with Gasteiger partial charge in [-0.15, -0.1) is 5.10 Å². The van der Waals surface area contributed by atoms with Gasteiger partial charge >= 0.3 is 0 Å². The summed E-state index contributed by atoms with van der Waals surface area (Å²) in [6.07, 6.45) is 12.1. The lowest BCUT2D eigenvalue weighted by atomic mass is 9.87. The molecule has 3 aromatic carbocycles. The smallest absolute Gasteiger partial charge is 0.161 e. The second-order valence-corrected chi connectivity index (χ2v) is 12.9. The van der Waals surface area contributed by atoms with Crippen LogP contribution in [0.5, 0.6) is 11.5 Å². The molecule has 5 aromatic rings. The van der Waals surface area contributed by atoms with Gasteiger partial charge in [-0.1, -0.05) is 60.2 Å². The van der Waals surface area contributed by atoms with E-state index in [1.807, 2.05) is 4.68 Å². The number of nitrogens with zero attached hydrogens (tertiary/aromatic N) is 5. The molecule has 47 heavy (non-hydrogen) atoms. The number of para-hydroxylation sites is 1. The summed E-state index contributed by atoms with van der Waals surface area (Å²) in [6.45, 7) is 3.68. The molecular formula is C39H46N6O2. The number of aryl methyl sites for hydroxylation is 2. The van der Waals surface area contributed by atoms with Crippen LogP contribution in [0.1, 0.15) is 71.8 Å². The minimum Gasteiger partial charge on any atom is -0.493 e. The first-order valence-electron chi connectivity index (χ1n) is 17.3. The number of methoxy groups -OCH3 is 2. The molecule has 8 heteroatoms. The molecule has 0 unspecified atom stereocenters. The van der Waals surface area contributed by atoms with Crippen molar-refractivity contribution < 1.29 is 9.47 Å². The Morgan fingerprint density at radius 2 is 1.66 bits per heavy atom. The first-order valence-corrected chi connectivity index (χ1v) is 17.3. The van der Waals surface area contributed by atoms with Crippen molar-refractivity contribution in [1.29, 1.82) is 0 Å². The maximum absolute atomic E-state index is 5.69. The van der Waals surface area contributed by atoms with Crippen molar-refractivity contribution >= 4 is 16.6 Å². The lowest BCUT2D eigenvalue weighted by molar-refractivity contribution is 0.207. The van der Waals surface area contributed by atoms with Gasteiger partial charge in [-0.05, 0) is 98.4 Å². The van der Waals surface area contributed by atoms with Crippen molar-refractivity contribution in [2.45, 2.75) is 70.4 Å². The number of aromatic nitrogens is 4. The van der Waals surface area contributed by atoms with Crippen LogP contribution in [0.15, 0.2) is 72.9 Å². The van der Waals surface area contributed by atoms with Gasteiger partial charge in [0.2, 0.25) is 0 Å². The highest BCUT2D eigenvalue weighted by atomic mass is 16.5. The molecule has 1 aliphatic heterocycles. The van der Waals surface area contributed by atoms with Gasteiger partial charge in [0.1, 0.15) is 0 Å². The van der Waals surface area contributed by atoms with Crippen LogP contribution in [-0.2, 0) is 32.2 Å². The third-order valence-electron chi connectivity index (χ3n) is 9.87. The van der Waals surface area contributed by atoms with Gasteiger partial charge in [0, 0.05) is 36.1 Å². The zero-order valence-corrected chi connectivity index (χ0v) is 27.8. The predicted molar refractivity (Wildman–Crippen MR) is 188 cm³/mol. The van der Waals surface area contributed by atoms with Crippen molar-refractivity contribution in [3.05, 3.63) is 107 Å². The number of nitrogens with one attached hydrogen (secondary N) is 1. The summed E-state index contributed by atoms with van der Waals surface area (Å²) in [7, 11) is 3.43. The topological polar surface area (TPSA) is 77.3 Å². The van der Waals surface area contributed by atoms with Gasteiger partial charge in [0.15, 0.2) is 11.5 Å². The molecule has 8 nitrogen and oxygen atoms in total. The Hall–Kier alpha value is -4.43. The van der Waals surface area contributed by atoms with Gasteiger partial charge in [0.05, 0.1) is 38.0 Å². The molecule has 0 radical (unpaired) electrons. The molecular weight excluding hydrogens is 584 g/mol. The van der Waals surface area contributed by atoms with Crippen LogP contribution in [0.25, 0.3) is 10.9 Å². The third-order valence-corrected chi connectivity index (χ3v) is 9.87. The monoisotopic (exact) mass is 630 g/mol. The van der Waals surface area contributed by atoms with E-state index in [9.17, 15) is 0 Å². The van der Waals surface area contributed by atoms with E-state index >= 15 is 0 Å². The Morgan fingerprint density at radius 3 is 2.53 bits per heavy atom. The Morgan fingerprint density at radius 1 is 0.851 bits per heavy atom. The molecule has 1 N–H and O–H groups in total. The van der Waals surface area contributed by atoms with Crippen LogP contribution >= 0.6 is 0 Å². The predicted octanol–water partition coefficient (Wildman–Crippen LogP) is 7.19. The summed E-state index contributed by atoms with van der Waals surface area (Å²) in [4.78, 5) is 7.61. The quantitative estimate of drug-likeness (QED) is 0.138. The minimum absolute atomic E-state index is 0.212. The van der Waals surface area contributed by atoms with Crippen molar-refractivity contribution in [1.82, 2.24) is 24.9 Å². The average Bonchev–Trinajstić information content (AvgIpc) is 3.58. The van der Waals surface area contributed by atoms with E-state index in [-0.39, 0.29) is 6.04 Å². The van der Waals surface area contributed by atoms with Crippen LogP contribution in [-0.4, -0.2) is 58.7 Å². The molecule has 2 aliphatic rings. The minimum atomic E-state index is 0.212. The lowest BCUT2D eigenvalue weighted by Crippen LogP contribution is -2.36. The molecule has 0 saturated heterocycles. The molecule has 0 spiro atoms. The molecule has 2 aromatic heterocycles. The van der Waals surface area contributed by atoms with Crippen molar-refractivity contribution in [3.63, 3.8) is 0 Å². The molecule has 0 bridgehead atoms. The average molecular weight is 631 g/mol. The highest BCUT2D eigenvalue weighted by Crippen LogP contribution is 2.41. The Labute approximate surface area is 278 Å². The number of ether oxygens (including phenoxy) is 2. The molecule has 0 amide bonds. The Balaban J connectivity index is 0.922. The number of anilines is 1. The summed E-state index contributed by atoms with van der Waals surface area (Å²) in [5, 5.41) is 13.9. The van der Waals surface area contributed by atoms with Crippen LogP contribution in [0.3, 0.4) is 0 Å². The Bertz CT molecular complexity index is 1800. The second kappa shape index (κ2) is 14.6. The van der Waals surface area contributed by atoms with E-state index in [1.165, 1.54) is 51.9 Å². The van der Waals surface area contributed by atoms with Crippen molar-refractivity contribution in [3.8, 4) is 11.5 Å². The molecule has 1 aliphatic carbocycles. The maximum Gasteiger partial charge on any atom is 0.161 e. The first kappa shape index (κ1) is 31.2. The third kappa shape index (κ3) is 6.84. The van der Waals surface area contributed by atoms with Gasteiger partial charge in [0.25, 0.3) is 0 Å². The fourth-order valence-corrected chi connectivity index (χ4v) is 7.49. The van der Waals surface area contributed by atoms with Crippen molar-refractivity contribution in [2.24, 2.45) is 0 Å². The number of hydrogen-bond acceptors (Lipinski definition) is 7. The van der Waals surface area contributed by atoms with E-state index in [2.05, 4.69) is 93.5 Å². The number of hydrogen-bond donors (Lipinski definition) is 1. The molecule has 3 heterocycles. The number of pyridine rings is 1. The van der Waals surface area contributed by atoms with Crippen molar-refractivity contribution in [2.75, 3.05) is 39.2 Å². The number of fused-ring (bicyclic) bond motifs is 3. The summed E-state index contributed by atoms with van der Waals surface area (Å²) in [5.74, 6) is 1.60. The number of unbranched alkanes of at least 4 members (excludes halogenated alkanes) is 2. The van der Waals surface area contributed by atoms with E-state index < -0.39 is 0 Å². The van der Waals surface area contributed by atoms with Crippen LogP contribution < -0.4 is 14.8 Å². The van der Waals surface area contributed by atoms with Gasteiger partial charge in [-0.2, -0.15) is 0 Å². The second-order valence-electron chi connectivity index (χ2n) is 12.9. The molecule has 1 atom stereocenters. The zero-order valence-electron chi connectivity index (χ0n) is 27.8. The highest BCUT2D eigenvalue weighted by molar-refractivity contribution is 5.93. The van der Waals surface area contributed by atoms with Gasteiger partial charge < -0.3 is 14.8 Å². The fourth-order valence-electron chi connectivity index (χ4n) is 7.49. The zero-order chi connectivity index (χ0) is 32.0. The largest absolute Gasteiger partial charge is 0.493 e. The normalized spacial score (nSPS) is 16.1. The summed E-state index contributed by atoms with van der Waals surface area (Å²) in [5.41, 5.74) is 10.1. The molecule has 244 valence electrons. The maximum atomic E-state index is 5.69. The van der Waals surface area contributed by atoms with Crippen LogP contribution in [0.4, 0.5) is 5.69 Å². The standard InChI is InChI=1S/C39H46N6O2/c1-46-36-25-29-20-23-44(39(28-13-5-3-6-14-28)33(29)26-37(36)47-2)22-12-4-7-15-30-27-45(43-42-30)24-21-40-38-31-16-8-10-18-34(31)41-35-19-11-9-17-32(35)38/h3,5-6,8,10,13-14,16,18,25-27,39H,4,7,9,11-12,15,17,19-24H2,1-2H3,(H,40,41)/t39-/m1/s1. The lowest BCUT2D eigenvalue weighted by Gasteiger charge is -2.38. The summed E-state index contributed by atoms with van der Waals surface area (Å²) in [6, 6.07) is 23.9. The highest BCUT2D eigenvalue weighted by Gasteiger charge is 2.30. The summed E-state index contributed by atoms with van der Waals surface area (Å²) < 4.78 is 13.3. The number of benzene rings is 3. The van der Waals surface area contributed by atoms with Gasteiger partial charge in [-0.25, -0.2) is 0 Å². The molecule has 0 fully saturated rings. The van der Waals surface area contributed by atoms with E-state index in [1.54, 1.807) is 14.2 Å². The fraction of sp³-hybridized carbons (Fsp3) is 0.410.